The topological polar surface area (TPSA) is 114 Å². The number of hydrogen-bond donors (Lipinski definition) is 0. The summed E-state index contributed by atoms with van der Waals surface area (Å²) >= 11 is 0. The van der Waals surface area contributed by atoms with E-state index in [1.807, 2.05) is 91.9 Å². The molecule has 2 aliphatic heterocycles. The molecule has 8 nitrogen and oxygen atoms in total. The molecule has 2 aliphatic rings. The molecule has 222 valence electrons. The molecule has 0 fully saturated rings. The molecule has 0 saturated carbocycles. The van der Waals surface area contributed by atoms with Crippen LogP contribution in [0.5, 0.6) is 0 Å². The third-order valence-electron chi connectivity index (χ3n) is 7.82. The Morgan fingerprint density at radius 2 is 1.02 bits per heavy atom. The van der Waals surface area contributed by atoms with Crippen molar-refractivity contribution in [1.82, 2.24) is 19.9 Å². The zero-order chi connectivity index (χ0) is 30.9. The first kappa shape index (κ1) is 30.4. The Bertz CT molecular complexity index is 2220. The number of aryl methyl sites for hydroxylation is 1. The summed E-state index contributed by atoms with van der Waals surface area (Å²) in [4.78, 5) is 55.2. The fourth-order valence-corrected chi connectivity index (χ4v) is 5.58. The largest absolute Gasteiger partial charge is 3.00 e. The number of fused-ring (bicyclic) bond motifs is 8. The summed E-state index contributed by atoms with van der Waals surface area (Å²) in [5.74, 6) is 0. The van der Waals surface area contributed by atoms with E-state index in [1.165, 1.54) is 0 Å². The predicted molar refractivity (Wildman–Crippen MR) is 174 cm³/mol. The second-order valence-electron chi connectivity index (χ2n) is 10.6. The molecule has 0 saturated heterocycles. The summed E-state index contributed by atoms with van der Waals surface area (Å²) in [6.45, 7) is 2.58. The van der Waals surface area contributed by atoms with Gasteiger partial charge >= 0.3 is 17.1 Å². The fourth-order valence-electron chi connectivity index (χ4n) is 5.58. The van der Waals surface area contributed by atoms with Crippen LogP contribution in [0.15, 0.2) is 72.8 Å². The van der Waals surface area contributed by atoms with Gasteiger partial charge in [0.1, 0.15) is 6.61 Å². The molecule has 2 aromatic carbocycles. The van der Waals surface area contributed by atoms with Crippen LogP contribution < -0.4 is 9.97 Å². The monoisotopic (exact) mass is 643 g/mol. The molecule has 9 heteroatoms. The normalized spacial score (nSPS) is 11.6. The van der Waals surface area contributed by atoms with E-state index in [9.17, 15) is 14.4 Å². The van der Waals surface area contributed by atoms with Gasteiger partial charge in [0.15, 0.2) is 12.6 Å². The SMILES string of the molecule is Cc1ccc(-c2c3nc(c(C=O)c4ccc([n-]4)c(-c4ccc(COC=O)cc4)c4nc(c(C=O)c5ccc2[n-]5)C=C4)C=C3)cc1.[Mn+3]. The van der Waals surface area contributed by atoms with Gasteiger partial charge in [0.05, 0.1) is 22.8 Å². The molecular formula is C37H24MnN4O4+. The Kier molecular flexibility index (Phi) is 8.44. The maximum atomic E-state index is 12.5. The molecule has 7 rings (SSSR count). The fraction of sp³-hybridized carbons (Fsp3) is 0.0541. The Labute approximate surface area is 274 Å². The number of aldehydes is 2. The van der Waals surface area contributed by atoms with Crippen molar-refractivity contribution in [2.45, 2.75) is 13.5 Å². The van der Waals surface area contributed by atoms with Crippen LogP contribution in [-0.2, 0) is 33.2 Å². The molecule has 5 heterocycles. The van der Waals surface area contributed by atoms with Crippen LogP contribution in [0, 0.1) is 6.92 Å². The van der Waals surface area contributed by atoms with Crippen molar-refractivity contribution in [2.24, 2.45) is 0 Å². The van der Waals surface area contributed by atoms with Crippen molar-refractivity contribution in [3.63, 3.8) is 0 Å². The van der Waals surface area contributed by atoms with Gasteiger partial charge in [0.2, 0.25) is 0 Å². The van der Waals surface area contributed by atoms with Crippen molar-refractivity contribution < 1.29 is 36.2 Å². The minimum atomic E-state index is 0. The van der Waals surface area contributed by atoms with Crippen molar-refractivity contribution >= 4 is 65.4 Å². The molecule has 3 aromatic heterocycles. The summed E-state index contributed by atoms with van der Waals surface area (Å²) in [6, 6.07) is 22.9. The minimum Gasteiger partial charge on any atom is -0.657 e. The third-order valence-corrected chi connectivity index (χ3v) is 7.82. The molecule has 0 aliphatic carbocycles. The van der Waals surface area contributed by atoms with Gasteiger partial charge in [-0.25, -0.2) is 9.97 Å². The first-order valence-electron chi connectivity index (χ1n) is 14.2. The number of aromatic nitrogens is 4. The smallest absolute Gasteiger partial charge is 0.657 e. The molecule has 0 radical (unpaired) electrons. The molecule has 0 N–H and O–H groups in total. The molecule has 0 atom stereocenters. The van der Waals surface area contributed by atoms with Crippen molar-refractivity contribution in [2.75, 3.05) is 0 Å². The van der Waals surface area contributed by atoms with Crippen molar-refractivity contribution in [3.8, 4) is 22.3 Å². The van der Waals surface area contributed by atoms with Crippen LogP contribution in [0.25, 0.3) is 68.6 Å². The van der Waals surface area contributed by atoms with Crippen LogP contribution in [0.4, 0.5) is 0 Å². The van der Waals surface area contributed by atoms with Gasteiger partial charge in [-0.15, -0.1) is 22.1 Å². The second kappa shape index (κ2) is 12.8. The zero-order valence-corrected chi connectivity index (χ0v) is 25.7. The Morgan fingerprint density at radius 3 is 1.48 bits per heavy atom. The first-order valence-corrected chi connectivity index (χ1v) is 14.2. The number of rotatable bonds is 7. The van der Waals surface area contributed by atoms with Crippen LogP contribution in [0.1, 0.15) is 54.6 Å². The van der Waals surface area contributed by atoms with Crippen molar-refractivity contribution in [1.29, 1.82) is 0 Å². The van der Waals surface area contributed by atoms with Crippen LogP contribution >= 0.6 is 0 Å². The Hall–Kier alpha value is -5.63. The standard InChI is InChI=1S/C37H25N4O4.Mn/c1-22-2-6-24(7-3-22)36-32-14-10-28(38-32)26(18-42)30-12-16-34(40-30)37(25-8-4-23(5-9-25)20-45-21-44)35-17-13-31(41-35)27(19-43)29-11-15-33(36)39-29;/h2-19,21H,20H2,1H3,(H-,38,39,40,41,42,43);/q-1;+3/p-1. The number of ether oxygens (including phenoxy) is 1. The van der Waals surface area contributed by atoms with E-state index in [2.05, 4.69) is 0 Å². The van der Waals surface area contributed by atoms with Crippen LogP contribution in [0.2, 0.25) is 0 Å². The average Bonchev–Trinajstić information content (AvgIpc) is 3.89. The quantitative estimate of drug-likeness (QED) is 0.137. The van der Waals surface area contributed by atoms with Crippen LogP contribution in [0.3, 0.4) is 0 Å². The summed E-state index contributed by atoms with van der Waals surface area (Å²) < 4.78 is 4.90. The molecule has 5 aromatic rings. The van der Waals surface area contributed by atoms with Gasteiger partial charge in [0.25, 0.3) is 6.47 Å². The first-order chi connectivity index (χ1) is 22.1. The van der Waals surface area contributed by atoms with Gasteiger partial charge < -0.3 is 14.7 Å². The van der Waals surface area contributed by atoms with Gasteiger partial charge in [-0.2, -0.15) is 0 Å². The van der Waals surface area contributed by atoms with E-state index in [0.717, 1.165) is 40.4 Å². The summed E-state index contributed by atoms with van der Waals surface area (Å²) in [6.07, 6.45) is 8.86. The zero-order valence-electron chi connectivity index (χ0n) is 24.5. The summed E-state index contributed by atoms with van der Waals surface area (Å²) in [7, 11) is 0. The average molecular weight is 644 g/mol. The molecular weight excluding hydrogens is 619 g/mol. The van der Waals surface area contributed by atoms with Crippen LogP contribution in [-0.4, -0.2) is 29.0 Å². The maximum Gasteiger partial charge on any atom is 3.00 e. The van der Waals surface area contributed by atoms with E-state index in [0.29, 0.717) is 68.0 Å². The molecule has 0 unspecified atom stereocenters. The summed E-state index contributed by atoms with van der Waals surface area (Å²) in [5, 5.41) is 0. The molecule has 8 bridgehead atoms. The van der Waals surface area contributed by atoms with E-state index in [4.69, 9.17) is 24.7 Å². The number of carbonyl (C=O) groups excluding carboxylic acids is 3. The number of nitrogens with zero attached hydrogens (tertiary/aromatic N) is 4. The predicted octanol–water partition coefficient (Wildman–Crippen LogP) is 6.85. The number of hydrogen-bond acceptors (Lipinski definition) is 6. The molecule has 0 amide bonds. The van der Waals surface area contributed by atoms with Gasteiger partial charge in [-0.05, 0) is 59.0 Å². The second-order valence-corrected chi connectivity index (χ2v) is 10.6. The Morgan fingerprint density at radius 1 is 0.587 bits per heavy atom. The van der Waals surface area contributed by atoms with Gasteiger partial charge in [-0.1, -0.05) is 78.4 Å². The molecule has 46 heavy (non-hydrogen) atoms. The number of benzene rings is 2. The third kappa shape index (κ3) is 5.54. The number of carbonyl (C=O) groups is 3. The maximum absolute atomic E-state index is 12.5. The van der Waals surface area contributed by atoms with Crippen molar-refractivity contribution in [3.05, 3.63) is 118 Å². The summed E-state index contributed by atoms with van der Waals surface area (Å²) in [5.41, 5.74) is 10.2. The molecule has 0 spiro atoms. The van der Waals surface area contributed by atoms with Gasteiger partial charge in [-0.3, -0.25) is 14.4 Å². The van der Waals surface area contributed by atoms with E-state index >= 15 is 0 Å². The van der Waals surface area contributed by atoms with E-state index in [-0.39, 0.29) is 23.7 Å². The van der Waals surface area contributed by atoms with Gasteiger partial charge in [0, 0.05) is 11.1 Å². The Balaban J connectivity index is 0.00000372. The van der Waals surface area contributed by atoms with E-state index < -0.39 is 0 Å². The minimum absolute atomic E-state index is 0. The van der Waals surface area contributed by atoms with E-state index in [1.54, 1.807) is 12.1 Å².